The second-order valence-corrected chi connectivity index (χ2v) is 6.67. The standard InChI is InChI=1S/C15H24N4O/c1-11-6-5-7-19(10-11)14(20)18-12-8-16-13(17-9-12)15(2,3)4/h8-9,11H,5-7,10H2,1-4H3,(H,18,20). The molecule has 5 heteroatoms. The Kier molecular flexibility index (Phi) is 4.26. The quantitative estimate of drug-likeness (QED) is 0.857. The molecule has 1 saturated heterocycles. The largest absolute Gasteiger partial charge is 0.324 e. The van der Waals surface area contributed by atoms with Crippen LogP contribution in [-0.4, -0.2) is 34.0 Å². The molecule has 1 fully saturated rings. The molecule has 1 aromatic rings. The summed E-state index contributed by atoms with van der Waals surface area (Å²) in [5.74, 6) is 1.36. The summed E-state index contributed by atoms with van der Waals surface area (Å²) in [6.45, 7) is 10.0. The minimum atomic E-state index is -0.0785. The second kappa shape index (κ2) is 5.77. The Balaban J connectivity index is 1.97. The zero-order valence-corrected chi connectivity index (χ0v) is 12.8. The molecule has 1 aliphatic rings. The van der Waals surface area contributed by atoms with Crippen molar-refractivity contribution in [1.82, 2.24) is 14.9 Å². The van der Waals surface area contributed by atoms with Gasteiger partial charge >= 0.3 is 6.03 Å². The van der Waals surface area contributed by atoms with Crippen molar-refractivity contribution >= 4 is 11.7 Å². The minimum Gasteiger partial charge on any atom is -0.324 e. The van der Waals surface area contributed by atoms with Gasteiger partial charge in [0.2, 0.25) is 0 Å². The maximum Gasteiger partial charge on any atom is 0.321 e. The van der Waals surface area contributed by atoms with E-state index in [-0.39, 0.29) is 11.4 Å². The number of carbonyl (C=O) groups excluding carboxylic acids is 1. The highest BCUT2D eigenvalue weighted by Gasteiger charge is 2.21. The van der Waals surface area contributed by atoms with Crippen LogP contribution in [0.15, 0.2) is 12.4 Å². The Morgan fingerprint density at radius 2 is 2.00 bits per heavy atom. The van der Waals surface area contributed by atoms with Crippen LogP contribution in [0.4, 0.5) is 10.5 Å². The van der Waals surface area contributed by atoms with Gasteiger partial charge in [-0.1, -0.05) is 27.7 Å². The van der Waals surface area contributed by atoms with Gasteiger partial charge in [0.25, 0.3) is 0 Å². The van der Waals surface area contributed by atoms with Gasteiger partial charge in [0.05, 0.1) is 18.1 Å². The zero-order chi connectivity index (χ0) is 14.8. The molecule has 0 spiro atoms. The first-order chi connectivity index (χ1) is 9.36. The van der Waals surface area contributed by atoms with E-state index in [1.165, 1.54) is 6.42 Å². The van der Waals surface area contributed by atoms with Gasteiger partial charge in [-0.3, -0.25) is 0 Å². The van der Waals surface area contributed by atoms with Crippen LogP contribution in [0.2, 0.25) is 0 Å². The normalized spacial score (nSPS) is 19.8. The average Bonchev–Trinajstić information content (AvgIpc) is 2.38. The molecule has 2 heterocycles. The summed E-state index contributed by atoms with van der Waals surface area (Å²) in [5.41, 5.74) is 0.575. The first-order valence-electron chi connectivity index (χ1n) is 7.24. The van der Waals surface area contributed by atoms with E-state index in [2.05, 4.69) is 43.0 Å². The Morgan fingerprint density at radius 3 is 2.55 bits per heavy atom. The van der Waals surface area contributed by atoms with E-state index in [0.29, 0.717) is 11.6 Å². The number of hydrogen-bond acceptors (Lipinski definition) is 3. The Bertz CT molecular complexity index is 464. The molecule has 20 heavy (non-hydrogen) atoms. The van der Waals surface area contributed by atoms with Crippen molar-refractivity contribution in [1.29, 1.82) is 0 Å². The number of rotatable bonds is 1. The summed E-state index contributed by atoms with van der Waals surface area (Å²) in [5, 5.41) is 2.87. The lowest BCUT2D eigenvalue weighted by Gasteiger charge is -2.30. The van der Waals surface area contributed by atoms with E-state index >= 15 is 0 Å². The van der Waals surface area contributed by atoms with E-state index in [4.69, 9.17) is 0 Å². The van der Waals surface area contributed by atoms with Crippen LogP contribution in [0.3, 0.4) is 0 Å². The number of aromatic nitrogens is 2. The number of amides is 2. The van der Waals surface area contributed by atoms with E-state index in [9.17, 15) is 4.79 Å². The maximum atomic E-state index is 12.2. The van der Waals surface area contributed by atoms with E-state index in [1.54, 1.807) is 12.4 Å². The predicted octanol–water partition coefficient (Wildman–Crippen LogP) is 3.04. The molecule has 0 saturated carbocycles. The molecule has 0 radical (unpaired) electrons. The number of urea groups is 1. The van der Waals surface area contributed by atoms with Gasteiger partial charge in [0.15, 0.2) is 0 Å². The van der Waals surface area contributed by atoms with Gasteiger partial charge < -0.3 is 10.2 Å². The highest BCUT2D eigenvalue weighted by molar-refractivity contribution is 5.89. The molecule has 1 N–H and O–H groups in total. The number of nitrogens with zero attached hydrogens (tertiary/aromatic N) is 3. The number of likely N-dealkylation sites (tertiary alicyclic amines) is 1. The topological polar surface area (TPSA) is 58.1 Å². The van der Waals surface area contributed by atoms with Gasteiger partial charge in [0, 0.05) is 18.5 Å². The molecule has 0 aromatic carbocycles. The fourth-order valence-corrected chi connectivity index (χ4v) is 2.36. The van der Waals surface area contributed by atoms with Gasteiger partial charge in [-0.25, -0.2) is 14.8 Å². The lowest BCUT2D eigenvalue weighted by atomic mass is 9.96. The smallest absolute Gasteiger partial charge is 0.321 e. The summed E-state index contributed by atoms with van der Waals surface area (Å²) in [4.78, 5) is 22.7. The monoisotopic (exact) mass is 276 g/mol. The molecule has 1 aromatic heterocycles. The molecule has 110 valence electrons. The third-order valence-electron chi connectivity index (χ3n) is 3.52. The van der Waals surface area contributed by atoms with Crippen LogP contribution in [0.25, 0.3) is 0 Å². The molecular weight excluding hydrogens is 252 g/mol. The molecule has 5 nitrogen and oxygen atoms in total. The lowest BCUT2D eigenvalue weighted by Crippen LogP contribution is -2.41. The molecular formula is C15H24N4O. The highest BCUT2D eigenvalue weighted by Crippen LogP contribution is 2.19. The van der Waals surface area contributed by atoms with Gasteiger partial charge in [-0.15, -0.1) is 0 Å². The van der Waals surface area contributed by atoms with Crippen LogP contribution >= 0.6 is 0 Å². The average molecular weight is 276 g/mol. The van der Waals surface area contributed by atoms with Gasteiger partial charge in [-0.2, -0.15) is 0 Å². The van der Waals surface area contributed by atoms with E-state index < -0.39 is 0 Å². The van der Waals surface area contributed by atoms with Crippen molar-refractivity contribution < 1.29 is 4.79 Å². The van der Waals surface area contributed by atoms with Crippen LogP contribution in [0.5, 0.6) is 0 Å². The number of nitrogens with one attached hydrogen (secondary N) is 1. The number of hydrogen-bond donors (Lipinski definition) is 1. The van der Waals surface area contributed by atoms with Gasteiger partial charge in [-0.05, 0) is 18.8 Å². The molecule has 2 rings (SSSR count). The minimum absolute atomic E-state index is 0.0522. The summed E-state index contributed by atoms with van der Waals surface area (Å²) in [7, 11) is 0. The lowest BCUT2D eigenvalue weighted by molar-refractivity contribution is 0.182. The fraction of sp³-hybridized carbons (Fsp3) is 0.667. The van der Waals surface area contributed by atoms with Crippen molar-refractivity contribution in [2.24, 2.45) is 5.92 Å². The zero-order valence-electron chi connectivity index (χ0n) is 12.8. The number of anilines is 1. The fourth-order valence-electron chi connectivity index (χ4n) is 2.36. The molecule has 1 atom stereocenters. The summed E-state index contributed by atoms with van der Waals surface area (Å²) >= 11 is 0. The van der Waals surface area contributed by atoms with Crippen molar-refractivity contribution in [2.75, 3.05) is 18.4 Å². The molecule has 1 aliphatic heterocycles. The van der Waals surface area contributed by atoms with Crippen LogP contribution < -0.4 is 5.32 Å². The van der Waals surface area contributed by atoms with Gasteiger partial charge in [0.1, 0.15) is 5.82 Å². The Labute approximate surface area is 120 Å². The van der Waals surface area contributed by atoms with Crippen LogP contribution in [0.1, 0.15) is 46.4 Å². The number of piperidine rings is 1. The molecule has 0 aliphatic carbocycles. The second-order valence-electron chi connectivity index (χ2n) is 6.67. The number of carbonyl (C=O) groups is 1. The van der Waals surface area contributed by atoms with Crippen LogP contribution in [-0.2, 0) is 5.41 Å². The Hall–Kier alpha value is -1.65. The molecule has 1 unspecified atom stereocenters. The maximum absolute atomic E-state index is 12.2. The molecule has 0 bridgehead atoms. The van der Waals surface area contributed by atoms with E-state index in [1.807, 2.05) is 4.90 Å². The van der Waals surface area contributed by atoms with E-state index in [0.717, 1.165) is 25.3 Å². The summed E-state index contributed by atoms with van der Waals surface area (Å²) in [6, 6.07) is -0.0522. The molecule has 2 amide bonds. The first kappa shape index (κ1) is 14.8. The Morgan fingerprint density at radius 1 is 1.35 bits per heavy atom. The van der Waals surface area contributed by atoms with Crippen molar-refractivity contribution in [2.45, 2.75) is 46.0 Å². The SMILES string of the molecule is CC1CCCN(C(=O)Nc2cnc(C(C)(C)C)nc2)C1. The third kappa shape index (κ3) is 3.68. The van der Waals surface area contributed by atoms with Crippen LogP contribution in [0, 0.1) is 5.92 Å². The summed E-state index contributed by atoms with van der Waals surface area (Å²) < 4.78 is 0. The summed E-state index contributed by atoms with van der Waals surface area (Å²) in [6.07, 6.45) is 5.64. The van der Waals surface area contributed by atoms with Crippen molar-refractivity contribution in [3.63, 3.8) is 0 Å². The first-order valence-corrected chi connectivity index (χ1v) is 7.24. The predicted molar refractivity (Wildman–Crippen MR) is 79.7 cm³/mol. The third-order valence-corrected chi connectivity index (χ3v) is 3.52. The van der Waals surface area contributed by atoms with Crippen molar-refractivity contribution in [3.8, 4) is 0 Å². The highest BCUT2D eigenvalue weighted by atomic mass is 16.2. The van der Waals surface area contributed by atoms with Crippen molar-refractivity contribution in [3.05, 3.63) is 18.2 Å².